The van der Waals surface area contributed by atoms with E-state index in [1.54, 1.807) is 0 Å². The number of fused-ring (bicyclic) bond motifs is 8. The Kier molecular flexibility index (Phi) is 8.17. The van der Waals surface area contributed by atoms with Gasteiger partial charge in [0.25, 0.3) is 0 Å². The van der Waals surface area contributed by atoms with Gasteiger partial charge in [0.15, 0.2) is 11.4 Å². The van der Waals surface area contributed by atoms with Crippen LogP contribution in [0.25, 0.3) is 87.8 Å². The number of aliphatic imine (C=N–C) groups is 2. The van der Waals surface area contributed by atoms with E-state index >= 15 is 0 Å². The molecule has 4 nitrogen and oxygen atoms in total. The van der Waals surface area contributed by atoms with E-state index in [-0.39, 0.29) is 5.92 Å². The third-order valence-electron chi connectivity index (χ3n) is 12.4. The average Bonchev–Trinajstić information content (AvgIpc) is 3.86. The SMILES string of the molecule is CC1C/C=C(c2ccc3ccccc3c2)/N=C(c2ccc(-n3c4ccccc4c4cc5ccccc5cc43)c3oc4ccccc4c23)\N=C/1c1ccc(-c2ccccc2)cc1. The van der Waals surface area contributed by atoms with E-state index in [9.17, 15) is 0 Å². The molecule has 0 fully saturated rings. The molecule has 0 spiro atoms. The lowest BCUT2D eigenvalue weighted by atomic mass is 9.92. The quantitative estimate of drug-likeness (QED) is 0.171. The van der Waals surface area contributed by atoms with Crippen molar-refractivity contribution in [1.82, 2.24) is 4.57 Å². The Hall–Kier alpha value is -7.82. The minimum atomic E-state index is 0.117. The number of rotatable bonds is 5. The minimum absolute atomic E-state index is 0.117. The van der Waals surface area contributed by atoms with Gasteiger partial charge in [0.1, 0.15) is 5.58 Å². The van der Waals surface area contributed by atoms with E-state index in [0.29, 0.717) is 5.84 Å². The second-order valence-corrected chi connectivity index (χ2v) is 16.2. The van der Waals surface area contributed by atoms with Crippen LogP contribution in [0.1, 0.15) is 30.0 Å². The average molecular weight is 782 g/mol. The third kappa shape index (κ3) is 5.90. The maximum Gasteiger partial charge on any atom is 0.160 e. The van der Waals surface area contributed by atoms with Crippen LogP contribution in [0, 0.1) is 5.92 Å². The molecule has 1 unspecified atom stereocenters. The van der Waals surface area contributed by atoms with Crippen molar-refractivity contribution in [2.24, 2.45) is 15.9 Å². The predicted molar refractivity (Wildman–Crippen MR) is 256 cm³/mol. The first-order valence-electron chi connectivity index (χ1n) is 21.0. The summed E-state index contributed by atoms with van der Waals surface area (Å²) in [5, 5.41) is 9.23. The van der Waals surface area contributed by atoms with E-state index in [4.69, 9.17) is 14.4 Å². The number of allylic oxidation sites excluding steroid dienone is 1. The Balaban J connectivity index is 1.11. The van der Waals surface area contributed by atoms with Gasteiger partial charge in [-0.05, 0) is 87.1 Å². The lowest BCUT2D eigenvalue weighted by molar-refractivity contribution is 0.666. The highest BCUT2D eigenvalue weighted by Gasteiger charge is 2.25. The van der Waals surface area contributed by atoms with Crippen LogP contribution in [-0.4, -0.2) is 16.1 Å². The Morgan fingerprint density at radius 3 is 1.95 bits per heavy atom. The molecule has 2 aromatic heterocycles. The van der Waals surface area contributed by atoms with Gasteiger partial charge in [-0.1, -0.05) is 165 Å². The number of amidine groups is 1. The first-order chi connectivity index (χ1) is 30.1. The number of furan rings is 1. The molecule has 3 heterocycles. The molecule has 1 aliphatic rings. The van der Waals surface area contributed by atoms with E-state index in [2.05, 4.69) is 206 Å². The molecule has 11 aromatic rings. The Morgan fingerprint density at radius 1 is 0.492 bits per heavy atom. The van der Waals surface area contributed by atoms with Gasteiger partial charge in [0, 0.05) is 38.6 Å². The molecule has 288 valence electrons. The number of para-hydroxylation sites is 2. The summed E-state index contributed by atoms with van der Waals surface area (Å²) in [5.41, 5.74) is 12.2. The van der Waals surface area contributed by atoms with E-state index < -0.39 is 0 Å². The molecule has 0 saturated heterocycles. The van der Waals surface area contributed by atoms with Gasteiger partial charge < -0.3 is 8.98 Å². The standard InChI is InChI=1S/C57H39N3O/c1-36-23-31-49(44-29-26-38-15-5-6-16-41(38)33-44)58-57(59-55(36)40-27-24-39(25-28-40)37-13-3-2-4-14-37)47-30-32-51(56-54(47)46-20-10-12-22-53(46)61-56)60-50-21-11-9-19-45(50)48-34-42-17-7-8-18-43(42)35-52(48)60/h2-22,24-36H,23H2,1H3/b49-31+,58-57-,59-55+. The van der Waals surface area contributed by atoms with Crippen molar-refractivity contribution in [2.45, 2.75) is 13.3 Å². The molecule has 0 saturated carbocycles. The summed E-state index contributed by atoms with van der Waals surface area (Å²) in [6, 6.07) is 69.2. The van der Waals surface area contributed by atoms with Crippen LogP contribution >= 0.6 is 0 Å². The highest BCUT2D eigenvalue weighted by molar-refractivity contribution is 6.24. The van der Waals surface area contributed by atoms with Crippen molar-refractivity contribution in [3.8, 4) is 16.8 Å². The van der Waals surface area contributed by atoms with Gasteiger partial charge in [-0.15, -0.1) is 0 Å². The molecule has 9 aromatic carbocycles. The fourth-order valence-corrected chi connectivity index (χ4v) is 9.37. The van der Waals surface area contributed by atoms with Gasteiger partial charge in [0.2, 0.25) is 0 Å². The van der Waals surface area contributed by atoms with E-state index in [1.165, 1.54) is 43.4 Å². The van der Waals surface area contributed by atoms with Crippen LogP contribution < -0.4 is 0 Å². The van der Waals surface area contributed by atoms with Gasteiger partial charge in [-0.2, -0.15) is 0 Å². The third-order valence-corrected chi connectivity index (χ3v) is 12.4. The second-order valence-electron chi connectivity index (χ2n) is 16.2. The smallest absolute Gasteiger partial charge is 0.160 e. The second kappa shape index (κ2) is 14.2. The first-order valence-corrected chi connectivity index (χ1v) is 21.0. The normalized spacial score (nSPS) is 17.3. The van der Waals surface area contributed by atoms with Crippen molar-refractivity contribution < 1.29 is 4.42 Å². The lowest BCUT2D eigenvalue weighted by Crippen LogP contribution is -2.17. The summed E-state index contributed by atoms with van der Waals surface area (Å²) in [4.78, 5) is 11.2. The van der Waals surface area contributed by atoms with Crippen molar-refractivity contribution in [3.63, 3.8) is 0 Å². The van der Waals surface area contributed by atoms with Crippen LogP contribution in [0.2, 0.25) is 0 Å². The minimum Gasteiger partial charge on any atom is -0.454 e. The molecule has 0 amide bonds. The number of hydrogen-bond acceptors (Lipinski definition) is 3. The summed E-state index contributed by atoms with van der Waals surface area (Å²) in [6.07, 6.45) is 3.09. The van der Waals surface area contributed by atoms with E-state index in [0.717, 1.165) is 73.2 Å². The summed E-state index contributed by atoms with van der Waals surface area (Å²) in [7, 11) is 0. The zero-order chi connectivity index (χ0) is 40.4. The molecule has 1 atom stereocenters. The number of hydrogen-bond donors (Lipinski definition) is 0. The molecule has 0 N–H and O–H groups in total. The predicted octanol–water partition coefficient (Wildman–Crippen LogP) is 15.0. The maximum atomic E-state index is 6.99. The molecule has 12 rings (SSSR count). The maximum absolute atomic E-state index is 6.99. The fourth-order valence-electron chi connectivity index (χ4n) is 9.37. The first kappa shape index (κ1) is 35.2. The largest absolute Gasteiger partial charge is 0.454 e. The van der Waals surface area contributed by atoms with Crippen LogP contribution in [0.15, 0.2) is 215 Å². The molecular formula is C57H39N3O. The van der Waals surface area contributed by atoms with Crippen LogP contribution in [0.4, 0.5) is 0 Å². The van der Waals surface area contributed by atoms with E-state index in [1.807, 2.05) is 6.07 Å². The number of aromatic nitrogens is 1. The van der Waals surface area contributed by atoms with Crippen molar-refractivity contribution in [1.29, 1.82) is 0 Å². The zero-order valence-corrected chi connectivity index (χ0v) is 33.6. The van der Waals surface area contributed by atoms with Crippen molar-refractivity contribution in [3.05, 3.63) is 217 Å². The number of benzene rings is 9. The monoisotopic (exact) mass is 781 g/mol. The van der Waals surface area contributed by atoms with Crippen LogP contribution in [-0.2, 0) is 0 Å². The van der Waals surface area contributed by atoms with Crippen molar-refractivity contribution >= 4 is 82.5 Å². The van der Waals surface area contributed by atoms with Gasteiger partial charge in [-0.3, -0.25) is 0 Å². The highest BCUT2D eigenvalue weighted by Crippen LogP contribution is 2.41. The molecule has 61 heavy (non-hydrogen) atoms. The summed E-state index contributed by atoms with van der Waals surface area (Å²) in [6.45, 7) is 2.28. The lowest BCUT2D eigenvalue weighted by Gasteiger charge is -2.19. The van der Waals surface area contributed by atoms with Gasteiger partial charge in [0.05, 0.1) is 28.1 Å². The van der Waals surface area contributed by atoms with Crippen LogP contribution in [0.5, 0.6) is 0 Å². The summed E-state index contributed by atoms with van der Waals surface area (Å²) in [5.74, 6) is 0.774. The summed E-state index contributed by atoms with van der Waals surface area (Å²) >= 11 is 0. The topological polar surface area (TPSA) is 42.8 Å². The molecule has 4 heteroatoms. The number of nitrogens with zero attached hydrogens (tertiary/aromatic N) is 3. The highest BCUT2D eigenvalue weighted by atomic mass is 16.3. The van der Waals surface area contributed by atoms with Crippen LogP contribution in [0.3, 0.4) is 0 Å². The molecule has 0 radical (unpaired) electrons. The molecular weight excluding hydrogens is 743 g/mol. The molecule has 0 bridgehead atoms. The van der Waals surface area contributed by atoms with Gasteiger partial charge in [-0.25, -0.2) is 9.98 Å². The van der Waals surface area contributed by atoms with Crippen molar-refractivity contribution in [2.75, 3.05) is 0 Å². The molecule has 0 aliphatic carbocycles. The Labute approximate surface area is 353 Å². The zero-order valence-electron chi connectivity index (χ0n) is 33.6. The fraction of sp³-hybridized carbons (Fsp3) is 0.0526. The molecule has 1 aliphatic heterocycles. The summed E-state index contributed by atoms with van der Waals surface area (Å²) < 4.78 is 9.36. The Bertz CT molecular complexity index is 3620. The van der Waals surface area contributed by atoms with Gasteiger partial charge >= 0.3 is 0 Å². The Morgan fingerprint density at radius 2 is 1.13 bits per heavy atom.